The molecule has 1 aliphatic rings. The second-order valence-electron chi connectivity index (χ2n) is 6.36. The summed E-state index contributed by atoms with van der Waals surface area (Å²) in [4.78, 5) is 21.0. The molecule has 0 bridgehead atoms. The van der Waals surface area contributed by atoms with Gasteiger partial charge in [0.15, 0.2) is 15.6 Å². The first-order valence-electron chi connectivity index (χ1n) is 8.88. The predicted octanol–water partition coefficient (Wildman–Crippen LogP) is 2.54. The van der Waals surface area contributed by atoms with E-state index >= 15 is 0 Å². The number of nitrogens with zero attached hydrogens (tertiary/aromatic N) is 4. The highest BCUT2D eigenvalue weighted by molar-refractivity contribution is 7.91. The van der Waals surface area contributed by atoms with E-state index in [9.17, 15) is 18.5 Å². The van der Waals surface area contributed by atoms with Crippen LogP contribution < -0.4 is 15.4 Å². The average molecular weight is 407 g/mol. The number of hydrogen-bond acceptors (Lipinski definition) is 9. The van der Waals surface area contributed by atoms with Crippen molar-refractivity contribution < 1.29 is 18.1 Å². The maximum Gasteiger partial charge on any atom is 0.373 e. The monoisotopic (exact) mass is 407 g/mol. The van der Waals surface area contributed by atoms with Gasteiger partial charge in [0, 0.05) is 13.1 Å². The normalized spacial score (nSPS) is 14.7. The van der Waals surface area contributed by atoms with E-state index in [0.29, 0.717) is 13.1 Å². The zero-order valence-electron chi connectivity index (χ0n) is 15.4. The van der Waals surface area contributed by atoms with E-state index in [4.69, 9.17) is 10.5 Å². The zero-order chi connectivity index (χ0) is 20.3. The molecule has 1 fully saturated rings. The number of nitrogen functional groups attached to an aromatic ring is 1. The van der Waals surface area contributed by atoms with Gasteiger partial charge in [0.05, 0.1) is 21.3 Å². The van der Waals surface area contributed by atoms with Crippen LogP contribution in [0, 0.1) is 10.1 Å². The average Bonchev–Trinajstić information content (AvgIpc) is 2.69. The molecule has 11 heteroatoms. The molecule has 0 amide bonds. The van der Waals surface area contributed by atoms with Crippen molar-refractivity contribution in [3.05, 3.63) is 34.6 Å². The summed E-state index contributed by atoms with van der Waals surface area (Å²) in [5.74, 6) is -0.0123. The first-order chi connectivity index (χ1) is 13.3. The van der Waals surface area contributed by atoms with E-state index in [1.165, 1.54) is 31.5 Å². The quantitative estimate of drug-likeness (QED) is 0.434. The van der Waals surface area contributed by atoms with Crippen LogP contribution >= 0.6 is 0 Å². The van der Waals surface area contributed by atoms with Crippen LogP contribution in [-0.2, 0) is 9.84 Å². The highest BCUT2D eigenvalue weighted by Gasteiger charge is 2.30. The molecular formula is C17H21N5O5S. The zero-order valence-corrected chi connectivity index (χ0v) is 16.2. The van der Waals surface area contributed by atoms with E-state index in [1.807, 2.05) is 4.90 Å². The van der Waals surface area contributed by atoms with E-state index in [1.54, 1.807) is 0 Å². The van der Waals surface area contributed by atoms with Gasteiger partial charge in [-0.05, 0) is 37.5 Å². The van der Waals surface area contributed by atoms with Crippen LogP contribution in [0.15, 0.2) is 29.4 Å². The Kier molecular flexibility index (Phi) is 5.63. The third-order valence-electron chi connectivity index (χ3n) is 4.53. The topological polar surface area (TPSA) is 142 Å². The van der Waals surface area contributed by atoms with Crippen molar-refractivity contribution in [2.75, 3.05) is 29.5 Å². The van der Waals surface area contributed by atoms with Gasteiger partial charge < -0.3 is 15.4 Å². The molecule has 1 saturated heterocycles. The van der Waals surface area contributed by atoms with Gasteiger partial charge >= 0.3 is 11.6 Å². The summed E-state index contributed by atoms with van der Waals surface area (Å²) < 4.78 is 29.5. The molecule has 28 heavy (non-hydrogen) atoms. The van der Waals surface area contributed by atoms with Crippen LogP contribution in [0.25, 0.3) is 0 Å². The Bertz CT molecular complexity index is 989. The van der Waals surface area contributed by atoms with Gasteiger partial charge in [-0.3, -0.25) is 10.1 Å². The summed E-state index contributed by atoms with van der Waals surface area (Å²) >= 11 is 0. The molecule has 1 aromatic carbocycles. The van der Waals surface area contributed by atoms with E-state index in [-0.39, 0.29) is 39.5 Å². The number of aromatic nitrogens is 2. The number of piperidine rings is 1. The Morgan fingerprint density at radius 3 is 2.57 bits per heavy atom. The van der Waals surface area contributed by atoms with Gasteiger partial charge in [-0.15, -0.1) is 0 Å². The molecular weight excluding hydrogens is 386 g/mol. The lowest BCUT2D eigenvalue weighted by molar-refractivity contribution is -0.385. The fraction of sp³-hybridized carbons (Fsp3) is 0.412. The van der Waals surface area contributed by atoms with Crippen LogP contribution in [0.5, 0.6) is 11.6 Å². The van der Waals surface area contributed by atoms with Crippen molar-refractivity contribution in [2.24, 2.45) is 0 Å². The van der Waals surface area contributed by atoms with E-state index < -0.39 is 14.8 Å². The van der Waals surface area contributed by atoms with Crippen LogP contribution in [-0.4, -0.2) is 42.2 Å². The number of rotatable bonds is 6. The Morgan fingerprint density at radius 1 is 1.25 bits per heavy atom. The summed E-state index contributed by atoms with van der Waals surface area (Å²) in [6, 6.07) is 3.99. The summed E-state index contributed by atoms with van der Waals surface area (Å²) in [6.45, 7) is 2.87. The van der Waals surface area contributed by atoms with E-state index in [2.05, 4.69) is 9.97 Å². The smallest absolute Gasteiger partial charge is 0.373 e. The number of ether oxygens (including phenoxy) is 1. The van der Waals surface area contributed by atoms with Crippen molar-refractivity contribution in [3.63, 3.8) is 0 Å². The Balaban J connectivity index is 1.97. The van der Waals surface area contributed by atoms with Gasteiger partial charge in [0.2, 0.25) is 5.82 Å². The first kappa shape index (κ1) is 19.8. The molecule has 1 aliphatic heterocycles. The van der Waals surface area contributed by atoms with Crippen LogP contribution in [0.1, 0.15) is 26.2 Å². The van der Waals surface area contributed by atoms with Gasteiger partial charge in [-0.2, -0.15) is 4.98 Å². The summed E-state index contributed by atoms with van der Waals surface area (Å²) in [7, 11) is -3.43. The molecule has 0 radical (unpaired) electrons. The maximum absolute atomic E-state index is 12.0. The molecule has 1 aromatic heterocycles. The number of nitro groups is 1. The maximum atomic E-state index is 12.0. The lowest BCUT2D eigenvalue weighted by atomic mass is 10.1. The molecule has 2 N–H and O–H groups in total. The van der Waals surface area contributed by atoms with Crippen molar-refractivity contribution >= 4 is 27.0 Å². The van der Waals surface area contributed by atoms with Crippen LogP contribution in [0.4, 0.5) is 17.2 Å². The molecule has 0 spiro atoms. The molecule has 150 valence electrons. The van der Waals surface area contributed by atoms with Crippen molar-refractivity contribution in [2.45, 2.75) is 31.1 Å². The van der Waals surface area contributed by atoms with Gasteiger partial charge in [-0.1, -0.05) is 6.92 Å². The summed E-state index contributed by atoms with van der Waals surface area (Å²) in [5, 5.41) is 11.7. The van der Waals surface area contributed by atoms with Crippen molar-refractivity contribution in [1.29, 1.82) is 0 Å². The fourth-order valence-electron chi connectivity index (χ4n) is 3.01. The second kappa shape index (κ2) is 7.97. The number of anilines is 2. The molecule has 2 aromatic rings. The fourth-order valence-corrected chi connectivity index (χ4v) is 3.92. The molecule has 0 aliphatic carbocycles. The Labute approximate surface area is 162 Å². The number of benzene rings is 1. The SMILES string of the molecule is CCS(=O)(=O)c1ccc(Oc2ncnc(N3CCCCC3)c2[N+](=O)[O-])c(N)c1. The first-order valence-corrected chi connectivity index (χ1v) is 10.5. The third-order valence-corrected chi connectivity index (χ3v) is 6.27. The van der Waals surface area contributed by atoms with Crippen LogP contribution in [0.3, 0.4) is 0 Å². The Morgan fingerprint density at radius 2 is 1.96 bits per heavy atom. The predicted molar refractivity (Wildman–Crippen MR) is 103 cm³/mol. The van der Waals surface area contributed by atoms with Gasteiger partial charge in [0.1, 0.15) is 6.33 Å². The highest BCUT2D eigenvalue weighted by Crippen LogP contribution is 2.38. The molecule has 2 heterocycles. The molecule has 0 unspecified atom stereocenters. The van der Waals surface area contributed by atoms with Gasteiger partial charge in [0.25, 0.3) is 0 Å². The number of sulfone groups is 1. The standard InChI is InChI=1S/C17H21N5O5S/c1-2-28(25,26)12-6-7-14(13(18)10-12)27-17-15(22(23)24)16(19-11-20-17)21-8-4-3-5-9-21/h6-7,10-11H,2-5,8-9,18H2,1H3. The number of nitrogens with two attached hydrogens (primary N) is 1. The second-order valence-corrected chi connectivity index (χ2v) is 8.64. The summed E-state index contributed by atoms with van der Waals surface area (Å²) in [5.41, 5.74) is 5.62. The minimum Gasteiger partial charge on any atom is -0.431 e. The minimum absolute atomic E-state index is 0.0435. The third kappa shape index (κ3) is 3.98. The Hall–Kier alpha value is -2.95. The number of hydrogen-bond donors (Lipinski definition) is 1. The molecule has 3 rings (SSSR count). The highest BCUT2D eigenvalue weighted by atomic mass is 32.2. The largest absolute Gasteiger partial charge is 0.431 e. The summed E-state index contributed by atoms with van der Waals surface area (Å²) in [6.07, 6.45) is 4.13. The van der Waals surface area contributed by atoms with E-state index in [0.717, 1.165) is 19.3 Å². The van der Waals surface area contributed by atoms with Crippen molar-refractivity contribution in [1.82, 2.24) is 9.97 Å². The molecule has 0 saturated carbocycles. The van der Waals surface area contributed by atoms with Crippen molar-refractivity contribution in [3.8, 4) is 11.6 Å². The van der Waals surface area contributed by atoms with Gasteiger partial charge in [-0.25, -0.2) is 13.4 Å². The van der Waals surface area contributed by atoms with Crippen LogP contribution in [0.2, 0.25) is 0 Å². The molecule has 0 atom stereocenters. The minimum atomic E-state index is -3.43. The lowest BCUT2D eigenvalue weighted by Crippen LogP contribution is -2.31. The molecule has 10 nitrogen and oxygen atoms in total. The lowest BCUT2D eigenvalue weighted by Gasteiger charge is -2.27.